The van der Waals surface area contributed by atoms with Gasteiger partial charge in [0.1, 0.15) is 6.04 Å². The van der Waals surface area contributed by atoms with Crippen LogP contribution in [0.4, 0.5) is 10.5 Å². The van der Waals surface area contributed by atoms with Gasteiger partial charge in [-0.25, -0.2) is 4.79 Å². The van der Waals surface area contributed by atoms with Gasteiger partial charge in [0.2, 0.25) is 5.91 Å². The van der Waals surface area contributed by atoms with Gasteiger partial charge in [0, 0.05) is 56.9 Å². The van der Waals surface area contributed by atoms with Crippen LogP contribution in [0, 0.1) is 5.92 Å². The zero-order valence-corrected chi connectivity index (χ0v) is 21.9. The molecule has 1 N–H and O–H groups in total. The van der Waals surface area contributed by atoms with Crippen LogP contribution in [-0.2, 0) is 9.59 Å². The van der Waals surface area contributed by atoms with E-state index < -0.39 is 6.04 Å². The van der Waals surface area contributed by atoms with Crippen LogP contribution < -0.4 is 10.2 Å². The molecule has 0 spiro atoms. The van der Waals surface area contributed by atoms with Crippen LogP contribution in [0.25, 0.3) is 0 Å². The van der Waals surface area contributed by atoms with Crippen LogP contribution in [0.1, 0.15) is 62.2 Å². The van der Waals surface area contributed by atoms with E-state index in [1.165, 1.54) is 12.8 Å². The van der Waals surface area contributed by atoms with Crippen molar-refractivity contribution < 1.29 is 19.2 Å². The molecule has 200 valence electrons. The Bertz CT molecular complexity index is 1020. The number of carbonyl (C=O) groups excluding carboxylic acids is 4. The van der Waals surface area contributed by atoms with E-state index in [-0.39, 0.29) is 42.1 Å². The molecule has 1 aromatic carbocycles. The van der Waals surface area contributed by atoms with Crippen molar-refractivity contribution in [3.05, 3.63) is 29.8 Å². The summed E-state index contributed by atoms with van der Waals surface area (Å²) in [4.78, 5) is 58.9. The first-order valence-electron chi connectivity index (χ1n) is 13.9. The first kappa shape index (κ1) is 25.5. The number of ketones is 1. The van der Waals surface area contributed by atoms with Gasteiger partial charge in [-0.05, 0) is 68.7 Å². The summed E-state index contributed by atoms with van der Waals surface area (Å²) in [6.45, 7) is 6.76. The Morgan fingerprint density at radius 1 is 0.946 bits per heavy atom. The molecule has 4 fully saturated rings. The van der Waals surface area contributed by atoms with Crippen LogP contribution >= 0.6 is 0 Å². The Morgan fingerprint density at radius 3 is 2.32 bits per heavy atom. The second-order valence-corrected chi connectivity index (χ2v) is 11.1. The summed E-state index contributed by atoms with van der Waals surface area (Å²) in [5, 5.41) is 2.97. The molecule has 0 aromatic heterocycles. The number of urea groups is 1. The van der Waals surface area contributed by atoms with E-state index >= 15 is 0 Å². The van der Waals surface area contributed by atoms with E-state index in [4.69, 9.17) is 0 Å². The maximum atomic E-state index is 13.1. The van der Waals surface area contributed by atoms with Crippen molar-refractivity contribution in [2.24, 2.45) is 5.92 Å². The van der Waals surface area contributed by atoms with E-state index in [9.17, 15) is 19.2 Å². The van der Waals surface area contributed by atoms with Gasteiger partial charge in [0.15, 0.2) is 5.78 Å². The van der Waals surface area contributed by atoms with Gasteiger partial charge < -0.3 is 24.9 Å². The molecule has 4 saturated heterocycles. The summed E-state index contributed by atoms with van der Waals surface area (Å²) in [6.07, 6.45) is 6.12. The van der Waals surface area contributed by atoms with Crippen molar-refractivity contribution in [2.45, 2.75) is 64.0 Å². The monoisotopic (exact) mass is 509 g/mol. The summed E-state index contributed by atoms with van der Waals surface area (Å²) >= 11 is 0. The van der Waals surface area contributed by atoms with Crippen LogP contribution in [0.15, 0.2) is 24.3 Å². The highest BCUT2D eigenvalue weighted by Crippen LogP contribution is 2.32. The van der Waals surface area contributed by atoms with Gasteiger partial charge in [-0.1, -0.05) is 6.92 Å². The number of amides is 4. The van der Waals surface area contributed by atoms with Crippen molar-refractivity contribution in [3.8, 4) is 0 Å². The first-order valence-corrected chi connectivity index (χ1v) is 13.9. The molecule has 4 aliphatic heterocycles. The maximum absolute atomic E-state index is 13.1. The van der Waals surface area contributed by atoms with E-state index in [2.05, 4.69) is 10.2 Å². The number of nitrogens with one attached hydrogen (secondary N) is 1. The molecule has 37 heavy (non-hydrogen) atoms. The Balaban J connectivity index is 1.07. The summed E-state index contributed by atoms with van der Waals surface area (Å²) in [7, 11) is 0. The van der Waals surface area contributed by atoms with Gasteiger partial charge in [0.25, 0.3) is 5.91 Å². The minimum absolute atomic E-state index is 0.0286. The van der Waals surface area contributed by atoms with E-state index in [1.54, 1.807) is 9.80 Å². The second-order valence-electron chi connectivity index (χ2n) is 11.1. The molecular formula is C28H39N5O4. The van der Waals surface area contributed by atoms with Gasteiger partial charge in [0.05, 0.1) is 12.6 Å². The lowest BCUT2D eigenvalue weighted by molar-refractivity contribution is -0.137. The number of Topliss-reactive ketones (excluding diaryl/α,β-unsaturated/α-hetero) is 1. The number of nitrogens with zero attached hydrogens (tertiary/aromatic N) is 4. The smallest absolute Gasteiger partial charge is 0.320 e. The highest BCUT2D eigenvalue weighted by Gasteiger charge is 2.52. The third-order valence-electron chi connectivity index (χ3n) is 8.41. The minimum atomic E-state index is -0.505. The molecular weight excluding hydrogens is 470 g/mol. The SMILES string of the molecule is CC(CCNC(=O)c1ccc(N2CCCC2)cc1)CC(=O)N1CCC2C1C(=O)CN2C(=O)N1CCCC1. The lowest BCUT2D eigenvalue weighted by Crippen LogP contribution is -2.46. The fraction of sp³-hybridized carbons (Fsp3) is 0.643. The average molecular weight is 510 g/mol. The lowest BCUT2D eigenvalue weighted by Gasteiger charge is -2.28. The molecule has 4 aliphatic rings. The Kier molecular flexibility index (Phi) is 7.67. The fourth-order valence-corrected chi connectivity index (χ4v) is 6.30. The van der Waals surface area contributed by atoms with Gasteiger partial charge in [-0.15, -0.1) is 0 Å². The highest BCUT2D eigenvalue weighted by atomic mass is 16.2. The largest absolute Gasteiger partial charge is 0.372 e. The van der Waals surface area contributed by atoms with Gasteiger partial charge in [-0.2, -0.15) is 0 Å². The Hall–Kier alpha value is -3.10. The number of carbonyl (C=O) groups is 4. The molecule has 3 atom stereocenters. The molecule has 9 nitrogen and oxygen atoms in total. The first-order chi connectivity index (χ1) is 17.9. The molecule has 1 aromatic rings. The molecule has 0 aliphatic carbocycles. The molecule has 4 heterocycles. The molecule has 0 radical (unpaired) electrons. The summed E-state index contributed by atoms with van der Waals surface area (Å²) in [6, 6.07) is 7.00. The van der Waals surface area contributed by atoms with Crippen LogP contribution in [0.5, 0.6) is 0 Å². The zero-order chi connectivity index (χ0) is 25.9. The summed E-state index contributed by atoms with van der Waals surface area (Å²) in [5.41, 5.74) is 1.80. The minimum Gasteiger partial charge on any atom is -0.372 e. The molecule has 0 bridgehead atoms. The third kappa shape index (κ3) is 5.45. The quantitative estimate of drug-likeness (QED) is 0.610. The average Bonchev–Trinajstić information content (AvgIpc) is 3.70. The van der Waals surface area contributed by atoms with Crippen molar-refractivity contribution in [1.29, 1.82) is 0 Å². The normalized spacial score (nSPS) is 24.1. The summed E-state index contributed by atoms with van der Waals surface area (Å²) in [5.74, 6) is -0.0943. The lowest BCUT2D eigenvalue weighted by atomic mass is 10.0. The van der Waals surface area contributed by atoms with E-state index in [0.29, 0.717) is 37.9 Å². The predicted octanol–water partition coefficient (Wildman–Crippen LogP) is 2.50. The Labute approximate surface area is 219 Å². The van der Waals surface area contributed by atoms with Crippen molar-refractivity contribution >= 4 is 29.3 Å². The van der Waals surface area contributed by atoms with E-state index in [1.807, 2.05) is 36.1 Å². The number of anilines is 1. The zero-order valence-electron chi connectivity index (χ0n) is 21.9. The highest BCUT2D eigenvalue weighted by molar-refractivity contribution is 5.97. The van der Waals surface area contributed by atoms with Gasteiger partial charge >= 0.3 is 6.03 Å². The number of hydrogen-bond acceptors (Lipinski definition) is 5. The second kappa shape index (κ2) is 11.1. The number of fused-ring (bicyclic) bond motifs is 1. The van der Waals surface area contributed by atoms with Gasteiger partial charge in [-0.3, -0.25) is 14.4 Å². The van der Waals surface area contributed by atoms with E-state index in [0.717, 1.165) is 44.7 Å². The van der Waals surface area contributed by atoms with Crippen molar-refractivity contribution in [1.82, 2.24) is 20.0 Å². The number of likely N-dealkylation sites (tertiary alicyclic amines) is 3. The number of hydrogen-bond donors (Lipinski definition) is 1. The summed E-state index contributed by atoms with van der Waals surface area (Å²) < 4.78 is 0. The van der Waals surface area contributed by atoms with Crippen molar-refractivity contribution in [3.63, 3.8) is 0 Å². The predicted molar refractivity (Wildman–Crippen MR) is 140 cm³/mol. The molecule has 9 heteroatoms. The van der Waals surface area contributed by atoms with Crippen LogP contribution in [-0.4, -0.2) is 96.2 Å². The topological polar surface area (TPSA) is 93.3 Å². The molecule has 5 rings (SSSR count). The molecule has 3 unspecified atom stereocenters. The van der Waals surface area contributed by atoms with Crippen molar-refractivity contribution in [2.75, 3.05) is 50.7 Å². The van der Waals surface area contributed by atoms with Crippen LogP contribution in [0.2, 0.25) is 0 Å². The molecule has 0 saturated carbocycles. The van der Waals surface area contributed by atoms with Crippen LogP contribution in [0.3, 0.4) is 0 Å². The Morgan fingerprint density at radius 2 is 1.62 bits per heavy atom. The third-order valence-corrected chi connectivity index (χ3v) is 8.41. The maximum Gasteiger partial charge on any atom is 0.320 e. The number of benzene rings is 1. The standard InChI is InChI=1S/C28H39N5O4/c1-20(10-12-29-27(36)21-6-8-22(9-7-21)30-13-2-3-14-30)18-25(35)32-17-11-23-26(32)24(34)19-33(23)28(37)31-15-4-5-16-31/h6-9,20,23,26H,2-5,10-19H2,1H3,(H,29,36). The number of rotatable bonds is 7. The fourth-order valence-electron chi connectivity index (χ4n) is 6.30. The molecule has 4 amide bonds.